The molecule has 0 aliphatic rings. The van der Waals surface area contributed by atoms with Crippen LogP contribution in [0.4, 0.5) is 15.8 Å². The van der Waals surface area contributed by atoms with E-state index in [1.807, 2.05) is 6.92 Å². The van der Waals surface area contributed by atoms with E-state index in [1.165, 1.54) is 22.8 Å². The molecule has 0 fully saturated rings. The Morgan fingerprint density at radius 1 is 1.26 bits per heavy atom. The molecule has 0 saturated carbocycles. The number of hydrogen-bond donors (Lipinski definition) is 3. The van der Waals surface area contributed by atoms with Crippen molar-refractivity contribution >= 4 is 34.7 Å². The molecule has 4 N–H and O–H groups in total. The highest BCUT2D eigenvalue weighted by atomic mass is 19.1. The molecule has 3 aromatic rings. The van der Waals surface area contributed by atoms with Crippen LogP contribution in [0.5, 0.6) is 0 Å². The Balaban J connectivity index is 1.73. The second-order valence-electron chi connectivity index (χ2n) is 6.86. The topological polar surface area (TPSA) is 131 Å². The Bertz CT molecular complexity index is 1220. The summed E-state index contributed by atoms with van der Waals surface area (Å²) in [7, 11) is 0. The quantitative estimate of drug-likeness (QED) is 0.501. The van der Waals surface area contributed by atoms with Gasteiger partial charge < -0.3 is 16.4 Å². The van der Waals surface area contributed by atoms with Crippen LogP contribution in [0.2, 0.25) is 0 Å². The lowest BCUT2D eigenvalue weighted by molar-refractivity contribution is -0.116. The number of benzene rings is 1. The number of hydrogen-bond acceptors (Lipinski definition) is 5. The van der Waals surface area contributed by atoms with E-state index < -0.39 is 17.6 Å². The Morgan fingerprint density at radius 2 is 2.00 bits per heavy atom. The molecule has 160 valence electrons. The number of carbonyl (C=O) groups is 3. The van der Waals surface area contributed by atoms with Gasteiger partial charge in [0.15, 0.2) is 5.65 Å². The maximum Gasteiger partial charge on any atom is 0.254 e. The third-order valence-corrected chi connectivity index (χ3v) is 4.77. The van der Waals surface area contributed by atoms with E-state index in [9.17, 15) is 18.8 Å². The van der Waals surface area contributed by atoms with Gasteiger partial charge in [0.1, 0.15) is 11.4 Å². The average molecular weight is 424 g/mol. The lowest BCUT2D eigenvalue weighted by Crippen LogP contribution is -2.16. The molecule has 0 atom stereocenters. The lowest BCUT2D eigenvalue weighted by Gasteiger charge is -2.12. The molecule has 0 unspecified atom stereocenters. The number of primary amides is 1. The highest BCUT2D eigenvalue weighted by Gasteiger charge is 2.17. The summed E-state index contributed by atoms with van der Waals surface area (Å²) in [5.41, 5.74) is 8.46. The van der Waals surface area contributed by atoms with Crippen molar-refractivity contribution in [3.63, 3.8) is 0 Å². The summed E-state index contributed by atoms with van der Waals surface area (Å²) in [5.74, 6) is -2.11. The van der Waals surface area contributed by atoms with E-state index in [1.54, 1.807) is 6.92 Å². The average Bonchev–Trinajstić information content (AvgIpc) is 3.14. The van der Waals surface area contributed by atoms with Crippen molar-refractivity contribution in [3.8, 4) is 0 Å². The molecule has 2 heterocycles. The number of aromatic nitrogens is 3. The SMILES string of the molecule is C=CC(=O)Nc1cc(NC(=O)CCc2c(C)nc3c(C(N)=O)cnn3c2C)ccc1F. The Kier molecular flexibility index (Phi) is 6.10. The zero-order valence-corrected chi connectivity index (χ0v) is 17.0. The first kappa shape index (κ1) is 21.6. The van der Waals surface area contributed by atoms with Crippen LogP contribution < -0.4 is 16.4 Å². The molecule has 0 aliphatic carbocycles. The molecular formula is C21H21FN6O3. The molecule has 9 nitrogen and oxygen atoms in total. The van der Waals surface area contributed by atoms with E-state index in [-0.39, 0.29) is 23.6 Å². The van der Waals surface area contributed by atoms with Gasteiger partial charge in [0.25, 0.3) is 5.91 Å². The van der Waals surface area contributed by atoms with Crippen molar-refractivity contribution in [1.82, 2.24) is 14.6 Å². The Morgan fingerprint density at radius 3 is 2.68 bits per heavy atom. The van der Waals surface area contributed by atoms with Crippen LogP contribution in [-0.2, 0) is 16.0 Å². The van der Waals surface area contributed by atoms with Crippen molar-refractivity contribution in [3.05, 3.63) is 65.4 Å². The molecule has 3 amide bonds. The predicted molar refractivity (Wildman–Crippen MR) is 113 cm³/mol. The summed E-state index contributed by atoms with van der Waals surface area (Å²) in [6, 6.07) is 3.87. The van der Waals surface area contributed by atoms with E-state index in [2.05, 4.69) is 27.3 Å². The molecule has 10 heteroatoms. The first-order chi connectivity index (χ1) is 14.7. The summed E-state index contributed by atoms with van der Waals surface area (Å²) in [4.78, 5) is 39.8. The van der Waals surface area contributed by atoms with Gasteiger partial charge in [-0.3, -0.25) is 14.4 Å². The zero-order chi connectivity index (χ0) is 22.7. The van der Waals surface area contributed by atoms with Crippen molar-refractivity contribution in [1.29, 1.82) is 0 Å². The fraction of sp³-hybridized carbons (Fsp3) is 0.190. The number of nitrogens with two attached hydrogens (primary N) is 1. The third kappa shape index (κ3) is 4.58. The minimum absolute atomic E-state index is 0.0621. The van der Waals surface area contributed by atoms with Crippen molar-refractivity contribution in [2.75, 3.05) is 10.6 Å². The number of aryl methyl sites for hydroxylation is 2. The molecule has 0 spiro atoms. The monoisotopic (exact) mass is 424 g/mol. The van der Waals surface area contributed by atoms with Gasteiger partial charge in [-0.1, -0.05) is 6.58 Å². The van der Waals surface area contributed by atoms with Crippen LogP contribution in [0, 0.1) is 19.7 Å². The van der Waals surface area contributed by atoms with Gasteiger partial charge in [0, 0.05) is 23.5 Å². The van der Waals surface area contributed by atoms with Crippen molar-refractivity contribution in [2.45, 2.75) is 26.7 Å². The van der Waals surface area contributed by atoms with E-state index in [4.69, 9.17) is 5.73 Å². The van der Waals surface area contributed by atoms with E-state index in [0.29, 0.717) is 23.4 Å². The summed E-state index contributed by atoms with van der Waals surface area (Å²) < 4.78 is 15.4. The van der Waals surface area contributed by atoms with Gasteiger partial charge in [-0.05, 0) is 50.1 Å². The van der Waals surface area contributed by atoms with Gasteiger partial charge in [0.2, 0.25) is 11.8 Å². The molecule has 0 bridgehead atoms. The summed E-state index contributed by atoms with van der Waals surface area (Å²) in [5, 5.41) is 9.18. The largest absolute Gasteiger partial charge is 0.365 e. The normalized spacial score (nSPS) is 10.7. The second kappa shape index (κ2) is 8.74. The smallest absolute Gasteiger partial charge is 0.254 e. The first-order valence-electron chi connectivity index (χ1n) is 9.37. The maximum atomic E-state index is 13.8. The highest BCUT2D eigenvalue weighted by molar-refractivity contribution is 6.00. The number of carbonyl (C=O) groups excluding carboxylic acids is 3. The second-order valence-corrected chi connectivity index (χ2v) is 6.86. The van der Waals surface area contributed by atoms with E-state index in [0.717, 1.165) is 23.4 Å². The maximum absolute atomic E-state index is 13.8. The fourth-order valence-corrected chi connectivity index (χ4v) is 3.19. The number of nitrogens with one attached hydrogen (secondary N) is 2. The van der Waals surface area contributed by atoms with Crippen molar-refractivity contribution in [2.24, 2.45) is 5.73 Å². The van der Waals surface area contributed by atoms with Gasteiger partial charge >= 0.3 is 0 Å². The van der Waals surface area contributed by atoms with Crippen molar-refractivity contribution < 1.29 is 18.8 Å². The first-order valence-corrected chi connectivity index (χ1v) is 9.37. The van der Waals surface area contributed by atoms with Crippen LogP contribution in [0.3, 0.4) is 0 Å². The van der Waals surface area contributed by atoms with Crippen LogP contribution >= 0.6 is 0 Å². The molecule has 31 heavy (non-hydrogen) atoms. The Hall–Kier alpha value is -4.08. The van der Waals surface area contributed by atoms with E-state index >= 15 is 0 Å². The molecule has 1 aromatic carbocycles. The number of nitrogens with zero attached hydrogens (tertiary/aromatic N) is 3. The molecule has 0 saturated heterocycles. The molecule has 3 rings (SSSR count). The minimum atomic E-state index is -0.631. The molecule has 0 radical (unpaired) electrons. The lowest BCUT2D eigenvalue weighted by atomic mass is 10.1. The minimum Gasteiger partial charge on any atom is -0.365 e. The van der Waals surface area contributed by atoms with Gasteiger partial charge in [-0.15, -0.1) is 0 Å². The zero-order valence-electron chi connectivity index (χ0n) is 17.0. The third-order valence-electron chi connectivity index (χ3n) is 4.77. The fourth-order valence-electron chi connectivity index (χ4n) is 3.19. The predicted octanol–water partition coefficient (Wildman–Crippen LogP) is 2.28. The van der Waals surface area contributed by atoms with Crippen LogP contribution in [-0.4, -0.2) is 32.3 Å². The summed E-state index contributed by atoms with van der Waals surface area (Å²) in [6.45, 7) is 6.92. The van der Waals surface area contributed by atoms with Crippen LogP contribution in [0.15, 0.2) is 37.1 Å². The van der Waals surface area contributed by atoms with Crippen LogP contribution in [0.1, 0.15) is 33.7 Å². The number of halogens is 1. The number of fused-ring (bicyclic) bond motifs is 1. The summed E-state index contributed by atoms with van der Waals surface area (Å²) >= 11 is 0. The summed E-state index contributed by atoms with van der Waals surface area (Å²) in [6.07, 6.45) is 2.89. The number of amides is 3. The highest BCUT2D eigenvalue weighted by Crippen LogP contribution is 2.21. The number of anilines is 2. The van der Waals surface area contributed by atoms with Gasteiger partial charge in [-0.2, -0.15) is 5.10 Å². The number of rotatable bonds is 7. The Labute approximate surface area is 177 Å². The van der Waals surface area contributed by atoms with Crippen LogP contribution in [0.25, 0.3) is 5.65 Å². The standard InChI is InChI=1S/C21H21FN6O3/c1-4-18(29)27-17-9-13(5-7-16(17)22)26-19(30)8-6-14-11(2)25-21-15(20(23)31)10-24-28(21)12(14)3/h4-5,7,9-10H,1,6,8H2,2-3H3,(H2,23,31)(H,26,30)(H,27,29). The van der Waals surface area contributed by atoms with Gasteiger partial charge in [0.05, 0.1) is 11.9 Å². The van der Waals surface area contributed by atoms with Gasteiger partial charge in [-0.25, -0.2) is 13.9 Å². The molecule has 0 aliphatic heterocycles. The molecule has 2 aromatic heterocycles. The molecular weight excluding hydrogens is 403 g/mol.